The highest BCUT2D eigenvalue weighted by molar-refractivity contribution is 4.92. The lowest BCUT2D eigenvalue weighted by Gasteiger charge is -2.21. The smallest absolute Gasteiger partial charge is 0.0536 e. The van der Waals surface area contributed by atoms with Crippen molar-refractivity contribution >= 4 is 0 Å². The van der Waals surface area contributed by atoms with E-state index in [1.807, 2.05) is 13.8 Å². The van der Waals surface area contributed by atoms with Crippen molar-refractivity contribution in [2.45, 2.75) is 46.5 Å². The fourth-order valence-corrected chi connectivity index (χ4v) is 2.57. The van der Waals surface area contributed by atoms with Crippen molar-refractivity contribution in [3.05, 3.63) is 0 Å². The maximum absolute atomic E-state index is 5.51. The van der Waals surface area contributed by atoms with Crippen LogP contribution in [0.2, 0.25) is 0 Å². The zero-order valence-corrected chi connectivity index (χ0v) is 10.7. The molecule has 0 aromatic heterocycles. The summed E-state index contributed by atoms with van der Waals surface area (Å²) in [7, 11) is 0. The van der Waals surface area contributed by atoms with Crippen molar-refractivity contribution in [2.75, 3.05) is 32.8 Å². The minimum Gasteiger partial charge on any atom is -0.381 e. The van der Waals surface area contributed by atoms with Gasteiger partial charge in [-0.2, -0.15) is 0 Å². The van der Waals surface area contributed by atoms with Gasteiger partial charge in [-0.15, -0.1) is 0 Å². The van der Waals surface area contributed by atoms with Gasteiger partial charge in [0, 0.05) is 18.6 Å². The predicted octanol–water partition coefficient (Wildman–Crippen LogP) is 2.93. The Labute approximate surface area is 95.0 Å². The minimum absolute atomic E-state index is 0.563. The lowest BCUT2D eigenvalue weighted by molar-refractivity contribution is 0.152. The molecule has 2 nitrogen and oxygen atoms in total. The Morgan fingerprint density at radius 2 is 2.07 bits per heavy atom. The second-order valence-electron chi connectivity index (χ2n) is 4.68. The van der Waals surface area contributed by atoms with E-state index in [1.54, 1.807) is 0 Å². The van der Waals surface area contributed by atoms with Crippen LogP contribution in [-0.4, -0.2) is 37.7 Å². The van der Waals surface area contributed by atoms with Gasteiger partial charge in [-0.1, -0.05) is 27.2 Å². The van der Waals surface area contributed by atoms with E-state index in [0.29, 0.717) is 5.41 Å². The van der Waals surface area contributed by atoms with Crippen LogP contribution in [0.15, 0.2) is 0 Å². The van der Waals surface area contributed by atoms with Gasteiger partial charge in [0.05, 0.1) is 6.61 Å². The molecule has 0 aromatic carbocycles. The summed E-state index contributed by atoms with van der Waals surface area (Å²) in [6.07, 6.45) is 5.35. The van der Waals surface area contributed by atoms with Gasteiger partial charge in [0.2, 0.25) is 0 Å². The molecule has 1 spiro atoms. The van der Waals surface area contributed by atoms with Crippen LogP contribution in [0.3, 0.4) is 0 Å². The van der Waals surface area contributed by atoms with Crippen molar-refractivity contribution in [1.29, 1.82) is 0 Å². The molecule has 1 atom stereocenters. The fraction of sp³-hybridized carbons (Fsp3) is 1.00. The van der Waals surface area contributed by atoms with E-state index in [4.69, 9.17) is 4.74 Å². The van der Waals surface area contributed by atoms with Crippen molar-refractivity contribution in [1.82, 2.24) is 4.90 Å². The Hall–Kier alpha value is -0.0800. The SMILES string of the molecule is CC.CCCCN1CCC2(CCOC2)C1. The Balaban J connectivity index is 0.000000531. The van der Waals surface area contributed by atoms with Gasteiger partial charge < -0.3 is 9.64 Å². The number of likely N-dealkylation sites (tertiary alicyclic amines) is 1. The van der Waals surface area contributed by atoms with E-state index in [-0.39, 0.29) is 0 Å². The van der Waals surface area contributed by atoms with Gasteiger partial charge in [0.25, 0.3) is 0 Å². The molecule has 0 radical (unpaired) electrons. The van der Waals surface area contributed by atoms with Gasteiger partial charge in [-0.3, -0.25) is 0 Å². The quantitative estimate of drug-likeness (QED) is 0.714. The zero-order chi connectivity index (χ0) is 11.1. The van der Waals surface area contributed by atoms with Gasteiger partial charge in [-0.05, 0) is 32.4 Å². The summed E-state index contributed by atoms with van der Waals surface area (Å²) in [5.74, 6) is 0. The molecule has 2 heterocycles. The van der Waals surface area contributed by atoms with E-state index in [2.05, 4.69) is 11.8 Å². The van der Waals surface area contributed by atoms with Crippen LogP contribution in [0.5, 0.6) is 0 Å². The van der Waals surface area contributed by atoms with Crippen molar-refractivity contribution < 1.29 is 4.74 Å². The molecule has 2 saturated heterocycles. The standard InChI is InChI=1S/C11H21NO.C2H6/c1-2-3-6-12-7-4-11(9-12)5-8-13-10-11;1-2/h2-10H2,1H3;1-2H3. The third-order valence-electron chi connectivity index (χ3n) is 3.53. The summed E-state index contributed by atoms with van der Waals surface area (Å²) in [6, 6.07) is 0. The Kier molecular flexibility index (Phi) is 5.62. The molecule has 0 amide bonds. The van der Waals surface area contributed by atoms with Crippen LogP contribution in [0, 0.1) is 5.41 Å². The molecular weight excluding hydrogens is 186 g/mol. The number of rotatable bonds is 3. The molecular formula is C13H27NO. The Bertz CT molecular complexity index is 164. The molecule has 90 valence electrons. The van der Waals surface area contributed by atoms with Crippen molar-refractivity contribution in [3.63, 3.8) is 0 Å². The normalized spacial score (nSPS) is 30.6. The highest BCUT2D eigenvalue weighted by Crippen LogP contribution is 2.37. The number of unbranched alkanes of at least 4 members (excludes halogenated alkanes) is 1. The zero-order valence-electron chi connectivity index (χ0n) is 10.7. The van der Waals surface area contributed by atoms with Crippen molar-refractivity contribution in [2.24, 2.45) is 5.41 Å². The van der Waals surface area contributed by atoms with Gasteiger partial charge >= 0.3 is 0 Å². The second kappa shape index (κ2) is 6.49. The largest absolute Gasteiger partial charge is 0.381 e. The van der Waals surface area contributed by atoms with E-state index < -0.39 is 0 Å². The van der Waals surface area contributed by atoms with E-state index in [0.717, 1.165) is 13.2 Å². The van der Waals surface area contributed by atoms with Gasteiger partial charge in [0.1, 0.15) is 0 Å². The summed E-state index contributed by atoms with van der Waals surface area (Å²) < 4.78 is 5.51. The van der Waals surface area contributed by atoms with Crippen LogP contribution in [0.1, 0.15) is 46.5 Å². The number of nitrogens with zero attached hydrogens (tertiary/aromatic N) is 1. The average molecular weight is 213 g/mol. The summed E-state index contributed by atoms with van der Waals surface area (Å²) in [6.45, 7) is 12.2. The van der Waals surface area contributed by atoms with Crippen LogP contribution < -0.4 is 0 Å². The highest BCUT2D eigenvalue weighted by Gasteiger charge is 2.40. The van der Waals surface area contributed by atoms with E-state index in [1.165, 1.54) is 45.3 Å². The molecule has 0 aliphatic carbocycles. The third kappa shape index (κ3) is 3.46. The number of hydrogen-bond donors (Lipinski definition) is 0. The molecule has 0 aromatic rings. The monoisotopic (exact) mass is 213 g/mol. The maximum atomic E-state index is 5.51. The first-order valence-corrected chi connectivity index (χ1v) is 6.65. The van der Waals surface area contributed by atoms with Crippen LogP contribution in [0.4, 0.5) is 0 Å². The minimum atomic E-state index is 0.563. The fourth-order valence-electron chi connectivity index (χ4n) is 2.57. The van der Waals surface area contributed by atoms with E-state index in [9.17, 15) is 0 Å². The topological polar surface area (TPSA) is 12.5 Å². The predicted molar refractivity (Wildman–Crippen MR) is 65.2 cm³/mol. The Morgan fingerprint density at radius 3 is 2.67 bits per heavy atom. The summed E-state index contributed by atoms with van der Waals surface area (Å²) in [4.78, 5) is 2.62. The van der Waals surface area contributed by atoms with Crippen LogP contribution >= 0.6 is 0 Å². The molecule has 2 rings (SSSR count). The first-order chi connectivity index (χ1) is 7.35. The average Bonchev–Trinajstić information content (AvgIpc) is 2.90. The molecule has 15 heavy (non-hydrogen) atoms. The van der Waals surface area contributed by atoms with Gasteiger partial charge in [0.15, 0.2) is 0 Å². The lowest BCUT2D eigenvalue weighted by atomic mass is 9.87. The lowest BCUT2D eigenvalue weighted by Crippen LogP contribution is -2.28. The summed E-state index contributed by atoms with van der Waals surface area (Å²) in [5, 5.41) is 0. The van der Waals surface area contributed by atoms with E-state index >= 15 is 0 Å². The Morgan fingerprint density at radius 1 is 1.27 bits per heavy atom. The molecule has 1 unspecified atom stereocenters. The molecule has 2 aliphatic heterocycles. The van der Waals surface area contributed by atoms with Gasteiger partial charge in [-0.25, -0.2) is 0 Å². The first kappa shape index (κ1) is 13.0. The van der Waals surface area contributed by atoms with Crippen molar-refractivity contribution in [3.8, 4) is 0 Å². The first-order valence-electron chi connectivity index (χ1n) is 6.65. The molecule has 0 bridgehead atoms. The number of ether oxygens (including phenoxy) is 1. The maximum Gasteiger partial charge on any atom is 0.0536 e. The van der Waals surface area contributed by atoms with Crippen LogP contribution in [-0.2, 0) is 4.74 Å². The molecule has 2 fully saturated rings. The summed E-state index contributed by atoms with van der Waals surface area (Å²) >= 11 is 0. The number of hydrogen-bond acceptors (Lipinski definition) is 2. The molecule has 2 heteroatoms. The molecule has 0 saturated carbocycles. The third-order valence-corrected chi connectivity index (χ3v) is 3.53. The molecule has 2 aliphatic rings. The summed E-state index contributed by atoms with van der Waals surface area (Å²) in [5.41, 5.74) is 0.563. The second-order valence-corrected chi connectivity index (χ2v) is 4.68. The molecule has 0 N–H and O–H groups in total. The highest BCUT2D eigenvalue weighted by atomic mass is 16.5. The van der Waals surface area contributed by atoms with Crippen LogP contribution in [0.25, 0.3) is 0 Å².